The third kappa shape index (κ3) is 2.33. The van der Waals surface area contributed by atoms with E-state index < -0.39 is 5.97 Å². The Hall–Kier alpha value is -1.88. The molecule has 1 fully saturated rings. The first-order valence-electron chi connectivity index (χ1n) is 6.52. The number of rotatable bonds is 3. The Bertz CT molecular complexity index is 620. The first kappa shape index (κ1) is 12.2. The molecule has 0 amide bonds. The fraction of sp³-hybridized carbons (Fsp3) is 0.429. The van der Waals surface area contributed by atoms with Crippen LogP contribution in [0.5, 0.6) is 0 Å². The Kier molecular flexibility index (Phi) is 2.98. The fourth-order valence-corrected chi connectivity index (χ4v) is 2.69. The van der Waals surface area contributed by atoms with E-state index >= 15 is 0 Å². The number of pyridine rings is 1. The topological polar surface area (TPSA) is 57.8 Å². The maximum Gasteiger partial charge on any atom is 0.307 e. The highest BCUT2D eigenvalue weighted by atomic mass is 16.4. The number of carboxylic acid groups (broad SMARTS) is 1. The summed E-state index contributed by atoms with van der Waals surface area (Å²) in [6, 6.07) is 4.05. The van der Waals surface area contributed by atoms with Crippen LogP contribution in [0.15, 0.2) is 24.5 Å². The number of aryl methyl sites for hydroxylation is 1. The van der Waals surface area contributed by atoms with E-state index in [0.29, 0.717) is 6.54 Å². The monoisotopic (exact) mass is 259 g/mol. The molecule has 2 aromatic heterocycles. The Balaban J connectivity index is 1.76. The van der Waals surface area contributed by atoms with Gasteiger partial charge in [0.2, 0.25) is 0 Å². The van der Waals surface area contributed by atoms with Gasteiger partial charge in [0.05, 0.1) is 11.6 Å². The van der Waals surface area contributed by atoms with Crippen molar-refractivity contribution in [1.29, 1.82) is 0 Å². The standard InChI is InChI=1S/C14H17N3O2/c1-10-3-2-5-17-9-12(15-13(10)17)8-16-6-4-11(7-16)14(18)19/h2-3,5,9,11H,4,6-8H2,1H3,(H,18,19). The summed E-state index contributed by atoms with van der Waals surface area (Å²) in [5.41, 5.74) is 3.13. The Morgan fingerprint density at radius 2 is 2.42 bits per heavy atom. The zero-order chi connectivity index (χ0) is 13.4. The van der Waals surface area contributed by atoms with Crippen molar-refractivity contribution >= 4 is 11.6 Å². The van der Waals surface area contributed by atoms with E-state index in [1.54, 1.807) is 0 Å². The summed E-state index contributed by atoms with van der Waals surface area (Å²) in [6.07, 6.45) is 4.75. The third-order valence-corrected chi connectivity index (χ3v) is 3.74. The summed E-state index contributed by atoms with van der Waals surface area (Å²) in [4.78, 5) is 17.7. The van der Waals surface area contributed by atoms with E-state index in [2.05, 4.69) is 9.88 Å². The predicted octanol–water partition coefficient (Wildman–Crippen LogP) is 1.55. The van der Waals surface area contributed by atoms with Crippen LogP contribution < -0.4 is 0 Å². The number of nitrogens with zero attached hydrogens (tertiary/aromatic N) is 3. The lowest BCUT2D eigenvalue weighted by atomic mass is 10.1. The van der Waals surface area contributed by atoms with Crippen molar-refractivity contribution in [2.45, 2.75) is 19.9 Å². The van der Waals surface area contributed by atoms with Crippen LogP contribution in [0.1, 0.15) is 17.7 Å². The highest BCUT2D eigenvalue weighted by Gasteiger charge is 2.28. The van der Waals surface area contributed by atoms with Crippen LogP contribution in [0.4, 0.5) is 0 Å². The summed E-state index contributed by atoms with van der Waals surface area (Å²) >= 11 is 0. The van der Waals surface area contributed by atoms with Gasteiger partial charge in [0.25, 0.3) is 0 Å². The summed E-state index contributed by atoms with van der Waals surface area (Å²) in [5.74, 6) is -0.910. The maximum atomic E-state index is 10.9. The molecule has 0 radical (unpaired) electrons. The van der Waals surface area contributed by atoms with Crippen molar-refractivity contribution in [3.63, 3.8) is 0 Å². The van der Waals surface area contributed by atoms with E-state index in [0.717, 1.165) is 36.4 Å². The van der Waals surface area contributed by atoms with Crippen LogP contribution in [-0.2, 0) is 11.3 Å². The molecular weight excluding hydrogens is 242 g/mol. The second kappa shape index (κ2) is 4.66. The molecule has 1 unspecified atom stereocenters. The van der Waals surface area contributed by atoms with Gasteiger partial charge in [0.15, 0.2) is 0 Å². The highest BCUT2D eigenvalue weighted by Crippen LogP contribution is 2.19. The molecular formula is C14H17N3O2. The van der Waals surface area contributed by atoms with Gasteiger partial charge in [0.1, 0.15) is 5.65 Å². The number of aliphatic carboxylic acids is 1. The minimum absolute atomic E-state index is 0.223. The van der Waals surface area contributed by atoms with Crippen molar-refractivity contribution in [2.75, 3.05) is 13.1 Å². The predicted molar refractivity (Wildman–Crippen MR) is 70.9 cm³/mol. The SMILES string of the molecule is Cc1cccn2cc(CN3CCC(C(=O)O)C3)nc12. The van der Waals surface area contributed by atoms with Gasteiger partial charge in [-0.15, -0.1) is 0 Å². The van der Waals surface area contributed by atoms with E-state index in [1.807, 2.05) is 35.9 Å². The van der Waals surface area contributed by atoms with E-state index in [1.165, 1.54) is 0 Å². The third-order valence-electron chi connectivity index (χ3n) is 3.74. The van der Waals surface area contributed by atoms with Crippen LogP contribution in [0.3, 0.4) is 0 Å². The Labute approximate surface area is 111 Å². The molecule has 0 bridgehead atoms. The molecule has 5 heteroatoms. The number of fused-ring (bicyclic) bond motifs is 1. The molecule has 1 atom stereocenters. The van der Waals surface area contributed by atoms with Gasteiger partial charge in [-0.05, 0) is 31.5 Å². The van der Waals surface area contributed by atoms with Crippen molar-refractivity contribution < 1.29 is 9.90 Å². The van der Waals surface area contributed by atoms with Crippen molar-refractivity contribution in [3.05, 3.63) is 35.8 Å². The average Bonchev–Trinajstić information content (AvgIpc) is 2.96. The summed E-state index contributed by atoms with van der Waals surface area (Å²) in [7, 11) is 0. The second-order valence-electron chi connectivity index (χ2n) is 5.21. The van der Waals surface area contributed by atoms with Crippen molar-refractivity contribution in [1.82, 2.24) is 14.3 Å². The summed E-state index contributed by atoms with van der Waals surface area (Å²) < 4.78 is 2.02. The van der Waals surface area contributed by atoms with Gasteiger partial charge >= 0.3 is 5.97 Å². The van der Waals surface area contributed by atoms with E-state index in [-0.39, 0.29) is 5.92 Å². The molecule has 3 heterocycles. The van der Waals surface area contributed by atoms with Crippen LogP contribution in [0.25, 0.3) is 5.65 Å². The lowest BCUT2D eigenvalue weighted by Gasteiger charge is -2.12. The van der Waals surface area contributed by atoms with Gasteiger partial charge in [-0.3, -0.25) is 9.69 Å². The molecule has 0 saturated carbocycles. The first-order valence-corrected chi connectivity index (χ1v) is 6.52. The van der Waals surface area contributed by atoms with E-state index in [9.17, 15) is 4.79 Å². The molecule has 0 aliphatic carbocycles. The highest BCUT2D eigenvalue weighted by molar-refractivity contribution is 5.70. The molecule has 0 aromatic carbocycles. The van der Waals surface area contributed by atoms with Gasteiger partial charge in [0, 0.05) is 25.5 Å². The van der Waals surface area contributed by atoms with Gasteiger partial charge in [-0.1, -0.05) is 6.07 Å². The van der Waals surface area contributed by atoms with Gasteiger partial charge < -0.3 is 9.51 Å². The number of hydrogen-bond donors (Lipinski definition) is 1. The first-order chi connectivity index (χ1) is 9.13. The Morgan fingerprint density at radius 1 is 1.58 bits per heavy atom. The largest absolute Gasteiger partial charge is 0.481 e. The number of aromatic nitrogens is 2. The summed E-state index contributed by atoms with van der Waals surface area (Å²) in [5, 5.41) is 9.00. The number of carbonyl (C=O) groups is 1. The molecule has 100 valence electrons. The van der Waals surface area contributed by atoms with Gasteiger partial charge in [-0.2, -0.15) is 0 Å². The van der Waals surface area contributed by atoms with Crippen molar-refractivity contribution in [2.24, 2.45) is 5.92 Å². The maximum absolute atomic E-state index is 10.9. The van der Waals surface area contributed by atoms with Crippen molar-refractivity contribution in [3.8, 4) is 0 Å². The molecule has 1 aliphatic rings. The molecule has 1 saturated heterocycles. The number of carboxylic acids is 1. The normalized spacial score (nSPS) is 20.2. The number of likely N-dealkylation sites (tertiary alicyclic amines) is 1. The number of imidazole rings is 1. The smallest absolute Gasteiger partial charge is 0.307 e. The minimum Gasteiger partial charge on any atom is -0.481 e. The zero-order valence-corrected chi connectivity index (χ0v) is 10.9. The van der Waals surface area contributed by atoms with E-state index in [4.69, 9.17) is 5.11 Å². The summed E-state index contributed by atoms with van der Waals surface area (Å²) in [6.45, 7) is 4.24. The van der Waals surface area contributed by atoms with Crippen LogP contribution in [-0.4, -0.2) is 38.4 Å². The molecule has 1 N–H and O–H groups in total. The lowest BCUT2D eigenvalue weighted by Crippen LogP contribution is -2.22. The second-order valence-corrected chi connectivity index (χ2v) is 5.21. The molecule has 0 spiro atoms. The lowest BCUT2D eigenvalue weighted by molar-refractivity contribution is -0.141. The van der Waals surface area contributed by atoms with Gasteiger partial charge in [-0.25, -0.2) is 4.98 Å². The Morgan fingerprint density at radius 3 is 3.11 bits per heavy atom. The van der Waals surface area contributed by atoms with Crippen LogP contribution in [0, 0.1) is 12.8 Å². The molecule has 3 rings (SSSR count). The zero-order valence-electron chi connectivity index (χ0n) is 10.9. The van der Waals surface area contributed by atoms with Crippen LogP contribution >= 0.6 is 0 Å². The molecule has 19 heavy (non-hydrogen) atoms. The minimum atomic E-state index is -0.687. The average molecular weight is 259 g/mol. The fourth-order valence-electron chi connectivity index (χ4n) is 2.69. The molecule has 2 aromatic rings. The quantitative estimate of drug-likeness (QED) is 0.908. The van der Waals surface area contributed by atoms with Crippen LogP contribution in [0.2, 0.25) is 0 Å². The molecule has 1 aliphatic heterocycles. The molecule has 5 nitrogen and oxygen atoms in total. The number of hydrogen-bond acceptors (Lipinski definition) is 3.